The van der Waals surface area contributed by atoms with E-state index in [0.29, 0.717) is 10.6 Å². The van der Waals surface area contributed by atoms with Crippen LogP contribution in [0.4, 0.5) is 8.78 Å². The molecule has 2 rings (SSSR count). The van der Waals surface area contributed by atoms with Crippen molar-refractivity contribution in [2.24, 2.45) is 5.73 Å². The summed E-state index contributed by atoms with van der Waals surface area (Å²) in [6.07, 6.45) is 0. The van der Waals surface area contributed by atoms with Crippen molar-refractivity contribution in [1.29, 1.82) is 0 Å². The van der Waals surface area contributed by atoms with E-state index in [1.807, 2.05) is 0 Å². The molecule has 6 heteroatoms. The summed E-state index contributed by atoms with van der Waals surface area (Å²) < 4.78 is 32.6. The molecule has 100 valence electrons. The molecule has 0 atom stereocenters. The number of hydrogen-bond donors (Lipinski definition) is 1. The van der Waals surface area contributed by atoms with Gasteiger partial charge in [-0.25, -0.2) is 8.78 Å². The first kappa shape index (κ1) is 14.1. The van der Waals surface area contributed by atoms with E-state index in [1.54, 1.807) is 0 Å². The molecule has 0 amide bonds. The average Bonchev–Trinajstić information content (AvgIpc) is 2.35. The first-order valence-electron chi connectivity index (χ1n) is 5.32. The van der Waals surface area contributed by atoms with Crippen molar-refractivity contribution in [3.05, 3.63) is 57.6 Å². The molecule has 0 radical (unpaired) electrons. The summed E-state index contributed by atoms with van der Waals surface area (Å²) in [6, 6.07) is 6.58. The van der Waals surface area contributed by atoms with Gasteiger partial charge in [-0.05, 0) is 35.9 Å². The molecule has 0 aliphatic carbocycles. The summed E-state index contributed by atoms with van der Waals surface area (Å²) in [6.45, 7) is 0.0375. The third-order valence-corrected chi connectivity index (χ3v) is 2.93. The van der Waals surface area contributed by atoms with Crippen LogP contribution in [-0.2, 0) is 6.54 Å². The maximum atomic E-state index is 13.7. The Balaban J connectivity index is 2.38. The average molecular weight is 304 g/mol. The predicted molar refractivity (Wildman–Crippen MR) is 70.8 cm³/mol. The van der Waals surface area contributed by atoms with Crippen molar-refractivity contribution < 1.29 is 13.5 Å². The molecule has 0 fully saturated rings. The van der Waals surface area contributed by atoms with Gasteiger partial charge in [0.25, 0.3) is 0 Å². The van der Waals surface area contributed by atoms with Gasteiger partial charge in [0.15, 0.2) is 17.4 Å². The largest absolute Gasteiger partial charge is 0.450 e. The fourth-order valence-corrected chi connectivity index (χ4v) is 1.94. The minimum atomic E-state index is -0.841. The van der Waals surface area contributed by atoms with Crippen molar-refractivity contribution in [1.82, 2.24) is 0 Å². The van der Waals surface area contributed by atoms with Crippen molar-refractivity contribution in [2.75, 3.05) is 0 Å². The second kappa shape index (κ2) is 5.74. The summed E-state index contributed by atoms with van der Waals surface area (Å²) in [5.74, 6) is -2.09. The summed E-state index contributed by atoms with van der Waals surface area (Å²) in [7, 11) is 0. The number of hydrogen-bond acceptors (Lipinski definition) is 2. The van der Waals surface area contributed by atoms with Gasteiger partial charge < -0.3 is 10.5 Å². The zero-order valence-corrected chi connectivity index (χ0v) is 11.1. The fraction of sp³-hybridized carbons (Fsp3) is 0.0769. The van der Waals surface area contributed by atoms with Crippen LogP contribution in [0.3, 0.4) is 0 Å². The fourth-order valence-electron chi connectivity index (χ4n) is 1.50. The molecular formula is C13H9Cl2F2NO. The van der Waals surface area contributed by atoms with Gasteiger partial charge >= 0.3 is 0 Å². The maximum Gasteiger partial charge on any atom is 0.198 e. The number of nitrogens with two attached hydrogens (primary N) is 1. The van der Waals surface area contributed by atoms with E-state index in [9.17, 15) is 8.78 Å². The van der Waals surface area contributed by atoms with Gasteiger partial charge in [-0.2, -0.15) is 0 Å². The molecule has 0 bridgehead atoms. The topological polar surface area (TPSA) is 35.2 Å². The number of rotatable bonds is 3. The van der Waals surface area contributed by atoms with E-state index in [-0.39, 0.29) is 17.3 Å². The Labute approximate surface area is 118 Å². The third-order valence-electron chi connectivity index (χ3n) is 2.40. The molecule has 0 spiro atoms. The smallest absolute Gasteiger partial charge is 0.198 e. The van der Waals surface area contributed by atoms with Gasteiger partial charge in [0.05, 0.1) is 5.02 Å². The lowest BCUT2D eigenvalue weighted by atomic mass is 10.2. The number of ether oxygens (including phenoxy) is 1. The van der Waals surface area contributed by atoms with Gasteiger partial charge in [-0.3, -0.25) is 0 Å². The molecular weight excluding hydrogens is 295 g/mol. The molecule has 0 heterocycles. The molecule has 2 nitrogen and oxygen atoms in total. The molecule has 2 aromatic rings. The highest BCUT2D eigenvalue weighted by atomic mass is 35.5. The third kappa shape index (κ3) is 3.15. The minimum Gasteiger partial charge on any atom is -0.450 e. The molecule has 0 aromatic heterocycles. The summed E-state index contributed by atoms with van der Waals surface area (Å²) in [4.78, 5) is 0. The molecule has 0 saturated heterocycles. The molecule has 0 saturated carbocycles. The van der Waals surface area contributed by atoms with Crippen LogP contribution < -0.4 is 10.5 Å². The maximum absolute atomic E-state index is 13.7. The standard InChI is InChI=1S/C13H9Cl2F2NO/c14-8-1-2-12(9(15)5-8)19-13-10(16)3-7(6-18)4-11(13)17/h1-5H,6,18H2. The molecule has 0 aliphatic rings. The van der Waals surface area contributed by atoms with E-state index in [4.69, 9.17) is 33.7 Å². The van der Waals surface area contributed by atoms with Gasteiger partial charge in [-0.15, -0.1) is 0 Å². The molecule has 19 heavy (non-hydrogen) atoms. The normalized spacial score (nSPS) is 10.6. The lowest BCUT2D eigenvalue weighted by molar-refractivity contribution is 0.406. The van der Waals surface area contributed by atoms with Crippen LogP contribution >= 0.6 is 23.2 Å². The van der Waals surface area contributed by atoms with E-state index in [2.05, 4.69) is 0 Å². The zero-order valence-electron chi connectivity index (χ0n) is 9.59. The van der Waals surface area contributed by atoms with Crippen molar-refractivity contribution in [3.63, 3.8) is 0 Å². The van der Waals surface area contributed by atoms with Gasteiger partial charge in [0, 0.05) is 11.6 Å². The zero-order chi connectivity index (χ0) is 14.0. The van der Waals surface area contributed by atoms with Gasteiger partial charge in [0.2, 0.25) is 0 Å². The Morgan fingerprint density at radius 3 is 2.21 bits per heavy atom. The monoisotopic (exact) mass is 303 g/mol. The highest BCUT2D eigenvalue weighted by Gasteiger charge is 2.15. The predicted octanol–water partition coefficient (Wildman–Crippen LogP) is 4.52. The van der Waals surface area contributed by atoms with Crippen molar-refractivity contribution in [3.8, 4) is 11.5 Å². The highest BCUT2D eigenvalue weighted by molar-refractivity contribution is 6.35. The van der Waals surface area contributed by atoms with Gasteiger partial charge in [-0.1, -0.05) is 23.2 Å². The Kier molecular flexibility index (Phi) is 4.24. The van der Waals surface area contributed by atoms with E-state index in [0.717, 1.165) is 12.1 Å². The molecule has 0 aliphatic heterocycles. The van der Waals surface area contributed by atoms with Crippen LogP contribution in [-0.4, -0.2) is 0 Å². The van der Waals surface area contributed by atoms with Crippen LogP contribution in [0, 0.1) is 11.6 Å². The summed E-state index contributed by atoms with van der Waals surface area (Å²) in [5, 5.41) is 0.561. The Morgan fingerprint density at radius 1 is 1.05 bits per heavy atom. The first-order chi connectivity index (χ1) is 9.01. The summed E-state index contributed by atoms with van der Waals surface area (Å²) >= 11 is 11.6. The van der Waals surface area contributed by atoms with E-state index in [1.165, 1.54) is 18.2 Å². The van der Waals surface area contributed by atoms with Crippen LogP contribution in [0.2, 0.25) is 10.0 Å². The van der Waals surface area contributed by atoms with E-state index >= 15 is 0 Å². The van der Waals surface area contributed by atoms with Crippen molar-refractivity contribution >= 4 is 23.2 Å². The highest BCUT2D eigenvalue weighted by Crippen LogP contribution is 2.34. The number of benzene rings is 2. The SMILES string of the molecule is NCc1cc(F)c(Oc2ccc(Cl)cc2Cl)c(F)c1. The van der Waals surface area contributed by atoms with Crippen LogP contribution in [0.15, 0.2) is 30.3 Å². The Morgan fingerprint density at radius 2 is 1.68 bits per heavy atom. The molecule has 2 aromatic carbocycles. The molecule has 0 unspecified atom stereocenters. The lowest BCUT2D eigenvalue weighted by Crippen LogP contribution is -2.00. The number of halogens is 4. The van der Waals surface area contributed by atoms with E-state index < -0.39 is 17.4 Å². The lowest BCUT2D eigenvalue weighted by Gasteiger charge is -2.10. The second-order valence-electron chi connectivity index (χ2n) is 3.77. The quantitative estimate of drug-likeness (QED) is 0.904. The van der Waals surface area contributed by atoms with Crippen LogP contribution in [0.25, 0.3) is 0 Å². The first-order valence-corrected chi connectivity index (χ1v) is 6.07. The second-order valence-corrected chi connectivity index (χ2v) is 4.61. The van der Waals surface area contributed by atoms with Crippen molar-refractivity contribution in [2.45, 2.75) is 6.54 Å². The van der Waals surface area contributed by atoms with Gasteiger partial charge in [0.1, 0.15) is 5.75 Å². The Bertz CT molecular complexity index is 597. The van der Waals surface area contributed by atoms with Crippen LogP contribution in [0.5, 0.6) is 11.5 Å². The summed E-state index contributed by atoms with van der Waals surface area (Å²) in [5.41, 5.74) is 5.66. The Hall–Kier alpha value is -1.36. The minimum absolute atomic E-state index is 0.0375. The van der Waals surface area contributed by atoms with Crippen LogP contribution in [0.1, 0.15) is 5.56 Å². The molecule has 2 N–H and O–H groups in total.